The number of hydrogen-bond acceptors (Lipinski definition) is 4. The van der Waals surface area contributed by atoms with Crippen LogP contribution in [0.15, 0.2) is 27.6 Å². The van der Waals surface area contributed by atoms with Crippen LogP contribution in [0, 0.1) is 6.92 Å². The molecule has 0 atom stereocenters. The Bertz CT molecular complexity index is 694. The second-order valence-electron chi connectivity index (χ2n) is 5.89. The number of nitrogens with zero attached hydrogens (tertiary/aromatic N) is 1. The number of aromatic amines is 1. The van der Waals surface area contributed by atoms with E-state index >= 15 is 0 Å². The van der Waals surface area contributed by atoms with Gasteiger partial charge in [-0.1, -0.05) is 20.8 Å². The monoisotopic (exact) mass is 289 g/mol. The lowest BCUT2D eigenvalue weighted by molar-refractivity contribution is 0.0945. The predicted octanol–water partition coefficient (Wildman–Crippen LogP) is 1.90. The molecule has 0 saturated heterocycles. The number of hydrogen-bond donors (Lipinski definition) is 2. The largest absolute Gasteiger partial charge is 0.467 e. The number of nitrogens with one attached hydrogen (secondary N) is 2. The zero-order chi connectivity index (χ0) is 15.6. The van der Waals surface area contributed by atoms with E-state index in [0.29, 0.717) is 17.3 Å². The molecule has 0 radical (unpaired) electrons. The molecule has 6 heteroatoms. The van der Waals surface area contributed by atoms with E-state index in [2.05, 4.69) is 15.3 Å². The van der Waals surface area contributed by atoms with Gasteiger partial charge in [-0.15, -0.1) is 0 Å². The van der Waals surface area contributed by atoms with Gasteiger partial charge in [0.05, 0.1) is 18.5 Å². The molecular formula is C15H19N3O3. The molecule has 2 aromatic rings. The van der Waals surface area contributed by atoms with Crippen molar-refractivity contribution < 1.29 is 9.21 Å². The number of carbonyl (C=O) groups excluding carboxylic acids is 1. The van der Waals surface area contributed by atoms with Gasteiger partial charge in [-0.3, -0.25) is 9.59 Å². The van der Waals surface area contributed by atoms with Crippen LogP contribution in [0.1, 0.15) is 48.4 Å². The maximum atomic E-state index is 12.1. The van der Waals surface area contributed by atoms with E-state index in [9.17, 15) is 9.59 Å². The third-order valence-corrected chi connectivity index (χ3v) is 3.04. The maximum Gasteiger partial charge on any atom is 0.264 e. The molecule has 0 fully saturated rings. The van der Waals surface area contributed by atoms with Crippen LogP contribution < -0.4 is 10.9 Å². The molecule has 112 valence electrons. The Morgan fingerprint density at radius 1 is 1.43 bits per heavy atom. The van der Waals surface area contributed by atoms with Crippen molar-refractivity contribution in [3.8, 4) is 0 Å². The number of aryl methyl sites for hydroxylation is 1. The Morgan fingerprint density at radius 2 is 2.14 bits per heavy atom. The average molecular weight is 289 g/mol. The van der Waals surface area contributed by atoms with Crippen LogP contribution in [-0.4, -0.2) is 15.9 Å². The lowest BCUT2D eigenvalue weighted by Gasteiger charge is -2.18. The molecule has 0 aromatic carbocycles. The molecule has 0 unspecified atom stereocenters. The van der Waals surface area contributed by atoms with Gasteiger partial charge in [-0.2, -0.15) is 0 Å². The molecule has 0 spiro atoms. The van der Waals surface area contributed by atoms with E-state index in [4.69, 9.17) is 4.42 Å². The first-order valence-electron chi connectivity index (χ1n) is 6.71. The molecule has 0 aliphatic heterocycles. The Balaban J connectivity index is 2.23. The normalized spacial score (nSPS) is 11.4. The fourth-order valence-electron chi connectivity index (χ4n) is 1.88. The SMILES string of the molecule is Cc1nc(C(C)(C)C)[nH]c(=O)c1C(=O)NCc1ccco1. The minimum Gasteiger partial charge on any atom is -0.467 e. The van der Waals surface area contributed by atoms with Gasteiger partial charge < -0.3 is 14.7 Å². The van der Waals surface area contributed by atoms with Crippen LogP contribution in [0.5, 0.6) is 0 Å². The summed E-state index contributed by atoms with van der Waals surface area (Å²) in [5, 5.41) is 2.65. The third kappa shape index (κ3) is 3.39. The van der Waals surface area contributed by atoms with Crippen LogP contribution in [0.3, 0.4) is 0 Å². The lowest BCUT2D eigenvalue weighted by atomic mass is 9.95. The van der Waals surface area contributed by atoms with Crippen LogP contribution in [0.4, 0.5) is 0 Å². The Hall–Kier alpha value is -2.37. The van der Waals surface area contributed by atoms with E-state index in [1.54, 1.807) is 19.1 Å². The summed E-state index contributed by atoms with van der Waals surface area (Å²) in [5.41, 5.74) is -0.257. The highest BCUT2D eigenvalue weighted by molar-refractivity contribution is 5.94. The van der Waals surface area contributed by atoms with Gasteiger partial charge in [0.1, 0.15) is 17.1 Å². The summed E-state index contributed by atoms with van der Waals surface area (Å²) in [4.78, 5) is 31.3. The summed E-state index contributed by atoms with van der Waals surface area (Å²) in [5.74, 6) is 0.724. The topological polar surface area (TPSA) is 88.0 Å². The zero-order valence-corrected chi connectivity index (χ0v) is 12.6. The quantitative estimate of drug-likeness (QED) is 0.903. The number of carbonyl (C=O) groups is 1. The Labute approximate surface area is 122 Å². The van der Waals surface area contributed by atoms with Crippen molar-refractivity contribution in [2.75, 3.05) is 0 Å². The van der Waals surface area contributed by atoms with Gasteiger partial charge in [-0.05, 0) is 19.1 Å². The van der Waals surface area contributed by atoms with Crippen molar-refractivity contribution in [1.29, 1.82) is 0 Å². The number of furan rings is 1. The summed E-state index contributed by atoms with van der Waals surface area (Å²) in [7, 11) is 0. The first-order valence-corrected chi connectivity index (χ1v) is 6.71. The molecule has 2 N–H and O–H groups in total. The van der Waals surface area contributed by atoms with Crippen molar-refractivity contribution in [3.05, 3.63) is 51.6 Å². The van der Waals surface area contributed by atoms with E-state index in [0.717, 1.165) is 0 Å². The van der Waals surface area contributed by atoms with E-state index < -0.39 is 11.5 Å². The van der Waals surface area contributed by atoms with E-state index in [1.807, 2.05) is 20.8 Å². The summed E-state index contributed by atoms with van der Waals surface area (Å²) in [6.45, 7) is 7.72. The maximum absolute atomic E-state index is 12.1. The molecule has 6 nitrogen and oxygen atoms in total. The first kappa shape index (κ1) is 15.0. The van der Waals surface area contributed by atoms with Crippen molar-refractivity contribution >= 4 is 5.91 Å². The van der Waals surface area contributed by atoms with Gasteiger partial charge in [0.25, 0.3) is 11.5 Å². The van der Waals surface area contributed by atoms with Crippen molar-refractivity contribution in [2.24, 2.45) is 0 Å². The van der Waals surface area contributed by atoms with Crippen molar-refractivity contribution in [3.63, 3.8) is 0 Å². The highest BCUT2D eigenvalue weighted by Gasteiger charge is 2.22. The van der Waals surface area contributed by atoms with Crippen molar-refractivity contribution in [1.82, 2.24) is 15.3 Å². The molecule has 0 saturated carbocycles. The standard InChI is InChI=1S/C15H19N3O3/c1-9-11(12(19)16-8-10-6-5-7-21-10)13(20)18-14(17-9)15(2,3)4/h5-7H,8H2,1-4H3,(H,16,19)(H,17,18,20). The predicted molar refractivity (Wildman–Crippen MR) is 78.2 cm³/mol. The van der Waals surface area contributed by atoms with Gasteiger partial charge in [0.15, 0.2) is 0 Å². The zero-order valence-electron chi connectivity index (χ0n) is 12.6. The van der Waals surface area contributed by atoms with Gasteiger partial charge in [-0.25, -0.2) is 4.98 Å². The minimum atomic E-state index is -0.460. The number of rotatable bonds is 3. The fourth-order valence-corrected chi connectivity index (χ4v) is 1.88. The smallest absolute Gasteiger partial charge is 0.264 e. The highest BCUT2D eigenvalue weighted by atomic mass is 16.3. The first-order chi connectivity index (χ1) is 9.79. The lowest BCUT2D eigenvalue weighted by Crippen LogP contribution is -2.33. The number of aromatic nitrogens is 2. The summed E-state index contributed by atoms with van der Waals surface area (Å²) >= 11 is 0. The molecule has 0 aliphatic rings. The molecule has 21 heavy (non-hydrogen) atoms. The van der Waals surface area contributed by atoms with Crippen LogP contribution in [0.25, 0.3) is 0 Å². The van der Waals surface area contributed by atoms with E-state index in [-0.39, 0.29) is 17.5 Å². The number of H-pyrrole nitrogens is 1. The molecule has 2 aromatic heterocycles. The second kappa shape index (κ2) is 5.55. The summed E-state index contributed by atoms with van der Waals surface area (Å²) in [6, 6.07) is 3.48. The molecule has 0 bridgehead atoms. The summed E-state index contributed by atoms with van der Waals surface area (Å²) in [6.07, 6.45) is 1.53. The number of amides is 1. The molecule has 2 heterocycles. The summed E-state index contributed by atoms with van der Waals surface area (Å²) < 4.78 is 5.13. The van der Waals surface area contributed by atoms with Crippen LogP contribution in [0.2, 0.25) is 0 Å². The third-order valence-electron chi connectivity index (χ3n) is 3.04. The molecule has 0 aliphatic carbocycles. The molecular weight excluding hydrogens is 270 g/mol. The minimum absolute atomic E-state index is 0.0366. The van der Waals surface area contributed by atoms with E-state index in [1.165, 1.54) is 6.26 Å². The van der Waals surface area contributed by atoms with Crippen LogP contribution in [-0.2, 0) is 12.0 Å². The van der Waals surface area contributed by atoms with Crippen LogP contribution >= 0.6 is 0 Å². The Kier molecular flexibility index (Phi) is 3.97. The Morgan fingerprint density at radius 3 is 2.67 bits per heavy atom. The van der Waals surface area contributed by atoms with Gasteiger partial charge in [0.2, 0.25) is 0 Å². The fraction of sp³-hybridized carbons (Fsp3) is 0.400. The van der Waals surface area contributed by atoms with Crippen molar-refractivity contribution in [2.45, 2.75) is 39.7 Å². The molecule has 1 amide bonds. The molecule has 2 rings (SSSR count). The van der Waals surface area contributed by atoms with Gasteiger partial charge >= 0.3 is 0 Å². The van der Waals surface area contributed by atoms with Gasteiger partial charge in [0, 0.05) is 5.41 Å². The second-order valence-corrected chi connectivity index (χ2v) is 5.89. The highest BCUT2D eigenvalue weighted by Crippen LogP contribution is 2.17. The average Bonchev–Trinajstić information content (AvgIpc) is 2.87.